The number of rotatable bonds is 3. The van der Waals surface area contributed by atoms with Crippen LogP contribution in [0.2, 0.25) is 0 Å². The third-order valence-electron chi connectivity index (χ3n) is 3.24. The fraction of sp³-hybridized carbons (Fsp3) is 0.538. The predicted molar refractivity (Wildman–Crippen MR) is 62.0 cm³/mol. The molecular formula is C13H19NO. The van der Waals surface area contributed by atoms with Crippen LogP contribution < -0.4 is 10.5 Å². The number of nitrogens with two attached hydrogens (primary N) is 1. The Balaban J connectivity index is 1.98. The quantitative estimate of drug-likeness (QED) is 0.822. The summed E-state index contributed by atoms with van der Waals surface area (Å²) >= 11 is 0. The Morgan fingerprint density at radius 3 is 2.93 bits per heavy atom. The molecule has 2 heteroatoms. The number of hydrogen-bond donors (Lipinski definition) is 1. The van der Waals surface area contributed by atoms with E-state index in [-0.39, 0.29) is 0 Å². The zero-order chi connectivity index (χ0) is 10.7. The molecule has 15 heavy (non-hydrogen) atoms. The molecule has 0 saturated heterocycles. The predicted octanol–water partition coefficient (Wildman–Crippen LogP) is 2.37. The first kappa shape index (κ1) is 10.5. The van der Waals surface area contributed by atoms with Crippen molar-refractivity contribution in [3.8, 4) is 5.75 Å². The monoisotopic (exact) mass is 205 g/mol. The molecule has 0 amide bonds. The lowest BCUT2D eigenvalue weighted by Crippen LogP contribution is -2.15. The van der Waals surface area contributed by atoms with Gasteiger partial charge in [0.05, 0.1) is 7.11 Å². The average Bonchev–Trinajstić information content (AvgIpc) is 2.64. The van der Waals surface area contributed by atoms with Crippen LogP contribution in [0.15, 0.2) is 24.3 Å². The molecule has 2 rings (SSSR count). The topological polar surface area (TPSA) is 35.2 Å². The van der Waals surface area contributed by atoms with E-state index in [1.807, 2.05) is 6.07 Å². The Kier molecular flexibility index (Phi) is 3.27. The summed E-state index contributed by atoms with van der Waals surface area (Å²) in [4.78, 5) is 0. The molecule has 0 spiro atoms. The first-order chi connectivity index (χ1) is 7.28. The zero-order valence-electron chi connectivity index (χ0n) is 9.28. The second kappa shape index (κ2) is 4.67. The van der Waals surface area contributed by atoms with Crippen LogP contribution in [-0.2, 0) is 6.42 Å². The highest BCUT2D eigenvalue weighted by Crippen LogP contribution is 2.28. The minimum absolute atomic E-state index is 0.431. The molecule has 1 aliphatic rings. The molecule has 1 aromatic carbocycles. The minimum atomic E-state index is 0.431. The van der Waals surface area contributed by atoms with Crippen LogP contribution >= 0.6 is 0 Å². The molecule has 2 nitrogen and oxygen atoms in total. The van der Waals surface area contributed by atoms with Gasteiger partial charge in [-0.3, -0.25) is 0 Å². The summed E-state index contributed by atoms with van der Waals surface area (Å²) in [6.07, 6.45) is 4.79. The van der Waals surface area contributed by atoms with E-state index < -0.39 is 0 Å². The van der Waals surface area contributed by atoms with Crippen LogP contribution in [0.5, 0.6) is 5.75 Å². The van der Waals surface area contributed by atoms with Crippen molar-refractivity contribution in [2.24, 2.45) is 11.7 Å². The first-order valence-corrected chi connectivity index (χ1v) is 5.66. The summed E-state index contributed by atoms with van der Waals surface area (Å²) in [5.74, 6) is 1.72. The lowest BCUT2D eigenvalue weighted by molar-refractivity contribution is 0.413. The smallest absolute Gasteiger partial charge is 0.119 e. The normalized spacial score (nSPS) is 25.5. The zero-order valence-corrected chi connectivity index (χ0v) is 9.28. The molecule has 0 aromatic heterocycles. The van der Waals surface area contributed by atoms with Gasteiger partial charge in [-0.15, -0.1) is 0 Å². The van der Waals surface area contributed by atoms with Crippen molar-refractivity contribution < 1.29 is 4.74 Å². The Labute approximate surface area is 91.4 Å². The molecule has 2 atom stereocenters. The maximum absolute atomic E-state index is 5.91. The molecule has 1 saturated carbocycles. The summed E-state index contributed by atoms with van der Waals surface area (Å²) in [6.45, 7) is 0. The van der Waals surface area contributed by atoms with Crippen LogP contribution in [0.3, 0.4) is 0 Å². The highest BCUT2D eigenvalue weighted by atomic mass is 16.5. The van der Waals surface area contributed by atoms with E-state index in [1.165, 1.54) is 24.8 Å². The summed E-state index contributed by atoms with van der Waals surface area (Å²) in [7, 11) is 1.71. The molecule has 2 N–H and O–H groups in total. The molecule has 1 aliphatic carbocycles. The average molecular weight is 205 g/mol. The van der Waals surface area contributed by atoms with Crippen LogP contribution in [-0.4, -0.2) is 13.2 Å². The van der Waals surface area contributed by atoms with E-state index in [2.05, 4.69) is 18.2 Å². The van der Waals surface area contributed by atoms with Crippen LogP contribution in [0.4, 0.5) is 0 Å². The van der Waals surface area contributed by atoms with Crippen molar-refractivity contribution in [1.29, 1.82) is 0 Å². The summed E-state index contributed by atoms with van der Waals surface area (Å²) in [5, 5.41) is 0. The van der Waals surface area contributed by atoms with E-state index in [4.69, 9.17) is 10.5 Å². The van der Waals surface area contributed by atoms with Gasteiger partial charge in [-0.05, 0) is 49.3 Å². The summed E-state index contributed by atoms with van der Waals surface area (Å²) in [6, 6.07) is 8.78. The lowest BCUT2D eigenvalue weighted by atomic mass is 9.98. The van der Waals surface area contributed by atoms with E-state index in [0.29, 0.717) is 6.04 Å². The fourth-order valence-electron chi connectivity index (χ4n) is 2.43. The third-order valence-corrected chi connectivity index (χ3v) is 3.24. The van der Waals surface area contributed by atoms with Crippen molar-refractivity contribution in [3.63, 3.8) is 0 Å². The second-order valence-corrected chi connectivity index (χ2v) is 4.49. The lowest BCUT2D eigenvalue weighted by Gasteiger charge is -2.10. The van der Waals surface area contributed by atoms with Crippen molar-refractivity contribution in [2.75, 3.05) is 7.11 Å². The van der Waals surface area contributed by atoms with E-state index in [9.17, 15) is 0 Å². The largest absolute Gasteiger partial charge is 0.497 e. The minimum Gasteiger partial charge on any atom is -0.497 e. The number of methoxy groups -OCH3 is 1. The van der Waals surface area contributed by atoms with Gasteiger partial charge in [0.1, 0.15) is 5.75 Å². The Hall–Kier alpha value is -1.02. The molecule has 0 aliphatic heterocycles. The maximum atomic E-state index is 5.91. The second-order valence-electron chi connectivity index (χ2n) is 4.49. The van der Waals surface area contributed by atoms with Crippen LogP contribution in [0, 0.1) is 5.92 Å². The number of benzene rings is 1. The molecule has 2 unspecified atom stereocenters. The molecule has 0 heterocycles. The van der Waals surface area contributed by atoms with Gasteiger partial charge >= 0.3 is 0 Å². The van der Waals surface area contributed by atoms with Gasteiger partial charge in [-0.25, -0.2) is 0 Å². The van der Waals surface area contributed by atoms with Crippen molar-refractivity contribution >= 4 is 0 Å². The van der Waals surface area contributed by atoms with E-state index in [0.717, 1.165) is 18.1 Å². The van der Waals surface area contributed by atoms with Gasteiger partial charge in [-0.1, -0.05) is 12.1 Å². The first-order valence-electron chi connectivity index (χ1n) is 5.66. The summed E-state index contributed by atoms with van der Waals surface area (Å²) in [5.41, 5.74) is 7.28. The molecule has 0 bridgehead atoms. The third kappa shape index (κ3) is 2.72. The molecule has 0 radical (unpaired) electrons. The maximum Gasteiger partial charge on any atom is 0.119 e. The number of ether oxygens (including phenoxy) is 1. The standard InChI is InChI=1S/C13H19NO/c1-15-13-4-2-3-10(9-13)7-11-5-6-12(14)8-11/h2-4,9,11-12H,5-8,14H2,1H3. The van der Waals surface area contributed by atoms with Gasteiger partial charge in [0.25, 0.3) is 0 Å². The molecule has 1 fully saturated rings. The highest BCUT2D eigenvalue weighted by Gasteiger charge is 2.21. The number of hydrogen-bond acceptors (Lipinski definition) is 2. The van der Waals surface area contributed by atoms with Crippen LogP contribution in [0.1, 0.15) is 24.8 Å². The molecule has 82 valence electrons. The van der Waals surface area contributed by atoms with E-state index in [1.54, 1.807) is 7.11 Å². The van der Waals surface area contributed by atoms with Crippen LogP contribution in [0.25, 0.3) is 0 Å². The van der Waals surface area contributed by atoms with Gasteiger partial charge in [0.2, 0.25) is 0 Å². The van der Waals surface area contributed by atoms with Gasteiger partial charge in [0, 0.05) is 6.04 Å². The Morgan fingerprint density at radius 2 is 2.27 bits per heavy atom. The van der Waals surface area contributed by atoms with E-state index >= 15 is 0 Å². The van der Waals surface area contributed by atoms with Crippen molar-refractivity contribution in [3.05, 3.63) is 29.8 Å². The van der Waals surface area contributed by atoms with Crippen molar-refractivity contribution in [1.82, 2.24) is 0 Å². The SMILES string of the molecule is COc1cccc(CC2CCC(N)C2)c1. The fourth-order valence-corrected chi connectivity index (χ4v) is 2.43. The van der Waals surface area contributed by atoms with Gasteiger partial charge in [0.15, 0.2) is 0 Å². The highest BCUT2D eigenvalue weighted by molar-refractivity contribution is 5.28. The Bertz CT molecular complexity index is 324. The molecule has 1 aromatic rings. The summed E-state index contributed by atoms with van der Waals surface area (Å²) < 4.78 is 5.22. The Morgan fingerprint density at radius 1 is 1.40 bits per heavy atom. The van der Waals surface area contributed by atoms with Gasteiger partial charge in [-0.2, -0.15) is 0 Å². The van der Waals surface area contributed by atoms with Gasteiger partial charge < -0.3 is 10.5 Å². The molecular weight excluding hydrogens is 186 g/mol. The van der Waals surface area contributed by atoms with Crippen molar-refractivity contribution in [2.45, 2.75) is 31.7 Å².